The molecule has 1 aliphatic rings. The predicted octanol–water partition coefficient (Wildman–Crippen LogP) is 1.67. The molecule has 1 aromatic rings. The minimum absolute atomic E-state index is 0.0547. The van der Waals surface area contributed by atoms with Crippen LogP contribution in [0.4, 0.5) is 5.82 Å². The lowest BCUT2D eigenvalue weighted by Crippen LogP contribution is -2.38. The van der Waals surface area contributed by atoms with Gasteiger partial charge in [0.15, 0.2) is 0 Å². The lowest BCUT2D eigenvalue weighted by molar-refractivity contribution is 0.0922. The van der Waals surface area contributed by atoms with Crippen LogP contribution in [0.2, 0.25) is 0 Å². The van der Waals surface area contributed by atoms with Crippen LogP contribution in [-0.2, 0) is 4.74 Å². The van der Waals surface area contributed by atoms with Gasteiger partial charge in [0.2, 0.25) is 0 Å². The van der Waals surface area contributed by atoms with Gasteiger partial charge in [0.25, 0.3) is 5.91 Å². The highest BCUT2D eigenvalue weighted by atomic mass is 16.5. The van der Waals surface area contributed by atoms with Crippen LogP contribution in [0.3, 0.4) is 0 Å². The van der Waals surface area contributed by atoms with E-state index in [0.717, 1.165) is 32.0 Å². The van der Waals surface area contributed by atoms with Crippen molar-refractivity contribution >= 4 is 11.7 Å². The highest BCUT2D eigenvalue weighted by Crippen LogP contribution is 2.17. The summed E-state index contributed by atoms with van der Waals surface area (Å²) in [5.41, 5.74) is 0.636. The van der Waals surface area contributed by atoms with Gasteiger partial charge >= 0.3 is 0 Å². The number of rotatable bonds is 5. The SMILES string of the molecule is CCNc1cc(C(=O)NC(C)C2CCOC2)ccn1. The zero-order chi connectivity index (χ0) is 13.7. The summed E-state index contributed by atoms with van der Waals surface area (Å²) in [7, 11) is 0. The summed E-state index contributed by atoms with van der Waals surface area (Å²) in [6, 6.07) is 3.64. The number of hydrogen-bond acceptors (Lipinski definition) is 4. The molecule has 2 atom stereocenters. The van der Waals surface area contributed by atoms with Crippen molar-refractivity contribution in [2.24, 2.45) is 5.92 Å². The van der Waals surface area contributed by atoms with E-state index in [1.807, 2.05) is 13.8 Å². The maximum atomic E-state index is 12.2. The Morgan fingerprint density at radius 2 is 2.47 bits per heavy atom. The Labute approximate surface area is 113 Å². The van der Waals surface area contributed by atoms with E-state index in [0.29, 0.717) is 11.5 Å². The zero-order valence-electron chi connectivity index (χ0n) is 11.5. The molecule has 1 aromatic heterocycles. The Bertz CT molecular complexity index is 430. The van der Waals surface area contributed by atoms with Crippen molar-refractivity contribution in [1.29, 1.82) is 0 Å². The molecule has 0 radical (unpaired) electrons. The number of carbonyl (C=O) groups is 1. The van der Waals surface area contributed by atoms with Crippen molar-refractivity contribution in [3.8, 4) is 0 Å². The van der Waals surface area contributed by atoms with Crippen LogP contribution in [0.15, 0.2) is 18.3 Å². The summed E-state index contributed by atoms with van der Waals surface area (Å²) in [6.07, 6.45) is 2.66. The zero-order valence-corrected chi connectivity index (χ0v) is 11.5. The minimum atomic E-state index is -0.0547. The molecule has 19 heavy (non-hydrogen) atoms. The minimum Gasteiger partial charge on any atom is -0.381 e. The summed E-state index contributed by atoms with van der Waals surface area (Å²) in [6.45, 7) is 6.35. The average molecular weight is 263 g/mol. The number of ether oxygens (including phenoxy) is 1. The highest BCUT2D eigenvalue weighted by Gasteiger charge is 2.23. The fraction of sp³-hybridized carbons (Fsp3) is 0.571. The smallest absolute Gasteiger partial charge is 0.251 e. The summed E-state index contributed by atoms with van der Waals surface area (Å²) < 4.78 is 5.35. The van der Waals surface area contributed by atoms with Crippen LogP contribution in [0, 0.1) is 5.92 Å². The number of nitrogens with zero attached hydrogens (tertiary/aromatic N) is 1. The number of anilines is 1. The molecule has 2 unspecified atom stereocenters. The van der Waals surface area contributed by atoms with Crippen molar-refractivity contribution in [1.82, 2.24) is 10.3 Å². The molecule has 2 rings (SSSR count). The molecule has 1 amide bonds. The van der Waals surface area contributed by atoms with E-state index in [1.54, 1.807) is 18.3 Å². The second-order valence-corrected chi connectivity index (χ2v) is 4.85. The number of pyridine rings is 1. The van der Waals surface area contributed by atoms with Crippen LogP contribution in [0.1, 0.15) is 30.6 Å². The Morgan fingerprint density at radius 3 is 3.16 bits per heavy atom. The topological polar surface area (TPSA) is 63.2 Å². The number of carbonyl (C=O) groups excluding carboxylic acids is 1. The van der Waals surface area contributed by atoms with E-state index in [4.69, 9.17) is 4.74 Å². The molecule has 1 fully saturated rings. The summed E-state index contributed by atoms with van der Waals surface area (Å²) in [5.74, 6) is 1.09. The summed E-state index contributed by atoms with van der Waals surface area (Å²) in [4.78, 5) is 16.3. The van der Waals surface area contributed by atoms with Crippen LogP contribution in [0.5, 0.6) is 0 Å². The van der Waals surface area contributed by atoms with E-state index in [-0.39, 0.29) is 11.9 Å². The van der Waals surface area contributed by atoms with Crippen molar-refractivity contribution in [3.63, 3.8) is 0 Å². The third-order valence-corrected chi connectivity index (χ3v) is 3.41. The maximum absolute atomic E-state index is 12.2. The van der Waals surface area contributed by atoms with E-state index in [1.165, 1.54) is 0 Å². The molecule has 104 valence electrons. The van der Waals surface area contributed by atoms with Gasteiger partial charge in [0.1, 0.15) is 5.82 Å². The van der Waals surface area contributed by atoms with Crippen LogP contribution < -0.4 is 10.6 Å². The van der Waals surface area contributed by atoms with Gasteiger partial charge in [-0.1, -0.05) is 0 Å². The molecule has 0 spiro atoms. The highest BCUT2D eigenvalue weighted by molar-refractivity contribution is 5.94. The van der Waals surface area contributed by atoms with Crippen molar-refractivity contribution < 1.29 is 9.53 Å². The third kappa shape index (κ3) is 3.67. The number of amides is 1. The molecule has 2 heterocycles. The van der Waals surface area contributed by atoms with Crippen LogP contribution >= 0.6 is 0 Å². The second-order valence-electron chi connectivity index (χ2n) is 4.85. The van der Waals surface area contributed by atoms with E-state index in [2.05, 4.69) is 15.6 Å². The first kappa shape index (κ1) is 13.8. The van der Waals surface area contributed by atoms with Gasteiger partial charge in [0, 0.05) is 36.9 Å². The fourth-order valence-electron chi connectivity index (χ4n) is 2.20. The molecule has 0 saturated carbocycles. The number of aromatic nitrogens is 1. The molecule has 2 N–H and O–H groups in total. The molecule has 0 aromatic carbocycles. The maximum Gasteiger partial charge on any atom is 0.251 e. The molecule has 1 saturated heterocycles. The Balaban J connectivity index is 1.96. The molecular weight excluding hydrogens is 242 g/mol. The largest absolute Gasteiger partial charge is 0.381 e. The first-order valence-corrected chi connectivity index (χ1v) is 6.79. The molecule has 0 bridgehead atoms. The summed E-state index contributed by atoms with van der Waals surface area (Å²) in [5, 5.41) is 6.13. The number of hydrogen-bond donors (Lipinski definition) is 2. The Morgan fingerprint density at radius 1 is 1.63 bits per heavy atom. The van der Waals surface area contributed by atoms with Gasteiger partial charge in [-0.3, -0.25) is 4.79 Å². The van der Waals surface area contributed by atoms with Crippen LogP contribution in [0.25, 0.3) is 0 Å². The van der Waals surface area contributed by atoms with Gasteiger partial charge < -0.3 is 15.4 Å². The third-order valence-electron chi connectivity index (χ3n) is 3.41. The standard InChI is InChI=1S/C14H21N3O2/c1-3-15-13-8-11(4-6-16-13)14(18)17-10(2)12-5-7-19-9-12/h4,6,8,10,12H,3,5,7,9H2,1-2H3,(H,15,16)(H,17,18). The average Bonchev–Trinajstić information content (AvgIpc) is 2.93. The predicted molar refractivity (Wildman–Crippen MR) is 74.3 cm³/mol. The van der Waals surface area contributed by atoms with Crippen molar-refractivity contribution in [3.05, 3.63) is 23.9 Å². The van der Waals surface area contributed by atoms with E-state index >= 15 is 0 Å². The Hall–Kier alpha value is -1.62. The molecule has 1 aliphatic heterocycles. The summed E-state index contributed by atoms with van der Waals surface area (Å²) >= 11 is 0. The molecular formula is C14H21N3O2. The second kappa shape index (κ2) is 6.52. The van der Waals surface area contributed by atoms with Gasteiger partial charge in [-0.15, -0.1) is 0 Å². The van der Waals surface area contributed by atoms with E-state index in [9.17, 15) is 4.79 Å². The number of nitrogens with one attached hydrogen (secondary N) is 2. The molecule has 5 nitrogen and oxygen atoms in total. The van der Waals surface area contributed by atoms with Crippen LogP contribution in [-0.4, -0.2) is 36.7 Å². The lowest BCUT2D eigenvalue weighted by atomic mass is 10.0. The Kier molecular flexibility index (Phi) is 4.74. The normalized spacial score (nSPS) is 20.0. The fourth-order valence-corrected chi connectivity index (χ4v) is 2.20. The monoisotopic (exact) mass is 263 g/mol. The molecule has 5 heteroatoms. The first-order chi connectivity index (χ1) is 9.20. The quantitative estimate of drug-likeness (QED) is 0.848. The molecule has 0 aliphatic carbocycles. The van der Waals surface area contributed by atoms with Gasteiger partial charge in [-0.05, 0) is 32.4 Å². The first-order valence-electron chi connectivity index (χ1n) is 6.79. The van der Waals surface area contributed by atoms with Gasteiger partial charge in [-0.2, -0.15) is 0 Å². The van der Waals surface area contributed by atoms with Crippen molar-refractivity contribution in [2.75, 3.05) is 25.1 Å². The van der Waals surface area contributed by atoms with Gasteiger partial charge in [0.05, 0.1) is 6.61 Å². The van der Waals surface area contributed by atoms with Gasteiger partial charge in [-0.25, -0.2) is 4.98 Å². The van der Waals surface area contributed by atoms with Crippen molar-refractivity contribution in [2.45, 2.75) is 26.3 Å². The van der Waals surface area contributed by atoms with E-state index < -0.39 is 0 Å². The lowest BCUT2D eigenvalue weighted by Gasteiger charge is -2.19.